The van der Waals surface area contributed by atoms with Crippen molar-refractivity contribution in [1.82, 2.24) is 19.9 Å². The molecule has 0 radical (unpaired) electrons. The third-order valence-electron chi connectivity index (χ3n) is 4.46. The summed E-state index contributed by atoms with van der Waals surface area (Å²) in [6.45, 7) is 7.53. The number of fused-ring (bicyclic) bond motifs is 1. The van der Waals surface area contributed by atoms with Gasteiger partial charge in [-0.25, -0.2) is 14.3 Å². The van der Waals surface area contributed by atoms with E-state index < -0.39 is 11.6 Å². The Labute approximate surface area is 151 Å². The monoisotopic (exact) mass is 360 g/mol. The number of piperidine rings is 1. The van der Waals surface area contributed by atoms with E-state index in [1.165, 1.54) is 6.07 Å². The highest BCUT2D eigenvalue weighted by molar-refractivity contribution is 5.92. The standard InChI is InChI=1S/C18H24N4O4/c1-18(2,3)26-17(25)21-8-6-12(7-9-21)11-22-15-10-13(16(23)24)4-5-14(15)19-20-22/h4-5,10,12H,6-9,11H2,1-3H3,(H,23,24). The van der Waals surface area contributed by atoms with Crippen LogP contribution in [-0.4, -0.2) is 55.8 Å². The first kappa shape index (κ1) is 18.2. The molecule has 1 N–H and O–H groups in total. The van der Waals surface area contributed by atoms with E-state index in [0.29, 0.717) is 31.1 Å². The fraction of sp³-hybridized carbons (Fsp3) is 0.556. The van der Waals surface area contributed by atoms with Gasteiger partial charge < -0.3 is 14.7 Å². The average Bonchev–Trinajstić information content (AvgIpc) is 2.96. The Hall–Kier alpha value is -2.64. The summed E-state index contributed by atoms with van der Waals surface area (Å²) in [7, 11) is 0. The predicted octanol–water partition coefficient (Wildman–Crippen LogP) is 2.78. The minimum Gasteiger partial charge on any atom is -0.478 e. The van der Waals surface area contributed by atoms with Crippen molar-refractivity contribution in [2.75, 3.05) is 13.1 Å². The molecule has 0 unspecified atom stereocenters. The number of hydrogen-bond acceptors (Lipinski definition) is 5. The fourth-order valence-electron chi connectivity index (χ4n) is 3.10. The molecule has 1 fully saturated rings. The van der Waals surface area contributed by atoms with E-state index in [1.807, 2.05) is 20.8 Å². The number of benzene rings is 1. The van der Waals surface area contributed by atoms with Crippen LogP contribution in [0.1, 0.15) is 44.0 Å². The summed E-state index contributed by atoms with van der Waals surface area (Å²) in [5, 5.41) is 17.4. The van der Waals surface area contributed by atoms with Crippen LogP contribution in [0.2, 0.25) is 0 Å². The zero-order valence-corrected chi connectivity index (χ0v) is 15.3. The number of carboxylic acids is 1. The first-order chi connectivity index (χ1) is 12.2. The summed E-state index contributed by atoms with van der Waals surface area (Å²) >= 11 is 0. The average molecular weight is 360 g/mol. The minimum absolute atomic E-state index is 0.223. The first-order valence-corrected chi connectivity index (χ1v) is 8.77. The van der Waals surface area contributed by atoms with Crippen molar-refractivity contribution in [2.45, 2.75) is 45.8 Å². The van der Waals surface area contributed by atoms with Crippen LogP contribution in [0.25, 0.3) is 11.0 Å². The highest BCUT2D eigenvalue weighted by Crippen LogP contribution is 2.23. The van der Waals surface area contributed by atoms with Crippen LogP contribution in [0.4, 0.5) is 4.79 Å². The molecule has 0 aliphatic carbocycles. The number of amides is 1. The maximum absolute atomic E-state index is 12.1. The molecule has 1 aliphatic rings. The molecule has 1 saturated heterocycles. The maximum Gasteiger partial charge on any atom is 0.410 e. The molecule has 26 heavy (non-hydrogen) atoms. The molecule has 1 aromatic heterocycles. The zero-order valence-electron chi connectivity index (χ0n) is 15.3. The summed E-state index contributed by atoms with van der Waals surface area (Å²) in [6.07, 6.45) is 1.42. The summed E-state index contributed by atoms with van der Waals surface area (Å²) in [6, 6.07) is 4.81. The van der Waals surface area contributed by atoms with E-state index in [9.17, 15) is 9.59 Å². The van der Waals surface area contributed by atoms with Gasteiger partial charge in [-0.3, -0.25) is 0 Å². The molecule has 2 heterocycles. The van der Waals surface area contributed by atoms with E-state index in [-0.39, 0.29) is 11.7 Å². The van der Waals surface area contributed by atoms with Crippen LogP contribution < -0.4 is 0 Å². The Morgan fingerprint density at radius 2 is 1.96 bits per heavy atom. The Balaban J connectivity index is 1.63. The molecule has 8 nitrogen and oxygen atoms in total. The van der Waals surface area contributed by atoms with Crippen LogP contribution in [0.15, 0.2) is 18.2 Å². The van der Waals surface area contributed by atoms with E-state index in [4.69, 9.17) is 9.84 Å². The molecule has 1 aromatic carbocycles. The van der Waals surface area contributed by atoms with Crippen LogP contribution in [0.3, 0.4) is 0 Å². The first-order valence-electron chi connectivity index (χ1n) is 8.77. The summed E-state index contributed by atoms with van der Waals surface area (Å²) in [5.41, 5.74) is 1.14. The van der Waals surface area contributed by atoms with Crippen molar-refractivity contribution in [3.8, 4) is 0 Å². The molecule has 0 atom stereocenters. The molecule has 140 valence electrons. The lowest BCUT2D eigenvalue weighted by Gasteiger charge is -2.33. The van der Waals surface area contributed by atoms with Crippen molar-refractivity contribution in [3.05, 3.63) is 23.8 Å². The maximum atomic E-state index is 12.1. The van der Waals surface area contributed by atoms with Gasteiger partial charge in [0.25, 0.3) is 0 Å². The second kappa shape index (κ2) is 6.93. The highest BCUT2D eigenvalue weighted by atomic mass is 16.6. The van der Waals surface area contributed by atoms with Crippen molar-refractivity contribution in [2.24, 2.45) is 5.92 Å². The number of carboxylic acid groups (broad SMARTS) is 1. The molecule has 1 amide bonds. The number of nitrogens with zero attached hydrogens (tertiary/aromatic N) is 4. The van der Waals surface area contributed by atoms with Gasteiger partial charge in [-0.15, -0.1) is 5.10 Å². The van der Waals surface area contributed by atoms with Crippen molar-refractivity contribution in [3.63, 3.8) is 0 Å². The van der Waals surface area contributed by atoms with Gasteiger partial charge in [0, 0.05) is 19.6 Å². The Morgan fingerprint density at radius 1 is 1.27 bits per heavy atom. The van der Waals surface area contributed by atoms with Gasteiger partial charge in [0.1, 0.15) is 11.1 Å². The minimum atomic E-state index is -0.967. The lowest BCUT2D eigenvalue weighted by molar-refractivity contribution is 0.0177. The van der Waals surface area contributed by atoms with Gasteiger partial charge in [0.2, 0.25) is 0 Å². The molecule has 3 rings (SSSR count). The number of aromatic carboxylic acids is 1. The van der Waals surface area contributed by atoms with Gasteiger partial charge in [-0.05, 0) is 57.7 Å². The number of ether oxygens (including phenoxy) is 1. The van der Waals surface area contributed by atoms with E-state index in [1.54, 1.807) is 21.7 Å². The second-order valence-corrected chi connectivity index (χ2v) is 7.69. The molecule has 0 bridgehead atoms. The zero-order chi connectivity index (χ0) is 18.9. The SMILES string of the molecule is CC(C)(C)OC(=O)N1CCC(Cn2nnc3ccc(C(=O)O)cc32)CC1. The quantitative estimate of drug-likeness (QED) is 0.904. The van der Waals surface area contributed by atoms with Crippen LogP contribution in [0.5, 0.6) is 0 Å². The fourth-order valence-corrected chi connectivity index (χ4v) is 3.10. The van der Waals surface area contributed by atoms with Crippen LogP contribution in [-0.2, 0) is 11.3 Å². The molecule has 0 saturated carbocycles. The Morgan fingerprint density at radius 3 is 2.58 bits per heavy atom. The van der Waals surface area contributed by atoms with Gasteiger partial charge >= 0.3 is 12.1 Å². The summed E-state index contributed by atoms with van der Waals surface area (Å²) in [5.74, 6) is -0.614. The number of carbonyl (C=O) groups excluding carboxylic acids is 1. The second-order valence-electron chi connectivity index (χ2n) is 7.69. The summed E-state index contributed by atoms with van der Waals surface area (Å²) in [4.78, 5) is 25.0. The van der Waals surface area contributed by atoms with Crippen molar-refractivity contribution >= 4 is 23.1 Å². The molecular weight excluding hydrogens is 336 g/mol. The summed E-state index contributed by atoms with van der Waals surface area (Å²) < 4.78 is 7.17. The topological polar surface area (TPSA) is 97.5 Å². The Kier molecular flexibility index (Phi) is 4.84. The van der Waals surface area contributed by atoms with Gasteiger partial charge in [-0.1, -0.05) is 5.21 Å². The normalized spacial score (nSPS) is 16.0. The van der Waals surface area contributed by atoms with Gasteiger partial charge in [-0.2, -0.15) is 0 Å². The molecule has 8 heteroatoms. The third-order valence-corrected chi connectivity index (χ3v) is 4.46. The van der Waals surface area contributed by atoms with Gasteiger partial charge in [0.05, 0.1) is 11.1 Å². The molecule has 1 aliphatic heterocycles. The number of carbonyl (C=O) groups is 2. The number of aromatic nitrogens is 3. The third kappa shape index (κ3) is 4.12. The Bertz CT molecular complexity index is 816. The number of hydrogen-bond donors (Lipinski definition) is 1. The van der Waals surface area contributed by atoms with E-state index >= 15 is 0 Å². The largest absolute Gasteiger partial charge is 0.478 e. The highest BCUT2D eigenvalue weighted by Gasteiger charge is 2.27. The van der Waals surface area contributed by atoms with Crippen LogP contribution in [0, 0.1) is 5.92 Å². The predicted molar refractivity (Wildman–Crippen MR) is 95.0 cm³/mol. The number of rotatable bonds is 3. The van der Waals surface area contributed by atoms with Crippen molar-refractivity contribution < 1.29 is 19.4 Å². The smallest absolute Gasteiger partial charge is 0.410 e. The van der Waals surface area contributed by atoms with Crippen molar-refractivity contribution in [1.29, 1.82) is 0 Å². The number of likely N-dealkylation sites (tertiary alicyclic amines) is 1. The molecular formula is C18H24N4O4. The van der Waals surface area contributed by atoms with Gasteiger partial charge in [0.15, 0.2) is 0 Å². The lowest BCUT2D eigenvalue weighted by atomic mass is 9.97. The lowest BCUT2D eigenvalue weighted by Crippen LogP contribution is -2.42. The molecule has 2 aromatic rings. The van der Waals surface area contributed by atoms with E-state index in [0.717, 1.165) is 18.4 Å². The molecule has 0 spiro atoms. The van der Waals surface area contributed by atoms with Crippen LogP contribution >= 0.6 is 0 Å². The van der Waals surface area contributed by atoms with E-state index in [2.05, 4.69) is 10.3 Å².